The van der Waals surface area contributed by atoms with Gasteiger partial charge in [-0.05, 0) is 31.7 Å². The van der Waals surface area contributed by atoms with Crippen LogP contribution in [0.2, 0.25) is 0 Å². The molecule has 1 aromatic carbocycles. The van der Waals surface area contributed by atoms with E-state index in [0.29, 0.717) is 18.5 Å². The minimum absolute atomic E-state index is 0.0195. The largest absolute Gasteiger partial charge is 0.391 e. The molecule has 2 rings (SSSR count). The highest BCUT2D eigenvalue weighted by atomic mass is 19.4. The van der Waals surface area contributed by atoms with Crippen LogP contribution in [0.25, 0.3) is 0 Å². The van der Waals surface area contributed by atoms with Gasteiger partial charge in [0.25, 0.3) is 5.69 Å². The summed E-state index contributed by atoms with van der Waals surface area (Å²) in [7, 11) is 0. The lowest BCUT2D eigenvalue weighted by Crippen LogP contribution is -2.34. The van der Waals surface area contributed by atoms with Gasteiger partial charge in [-0.3, -0.25) is 10.1 Å². The number of nitrogens with zero attached hydrogens (tertiary/aromatic N) is 1. The summed E-state index contributed by atoms with van der Waals surface area (Å²) in [6, 6.07) is 4.07. The van der Waals surface area contributed by atoms with Gasteiger partial charge in [-0.2, -0.15) is 13.2 Å². The van der Waals surface area contributed by atoms with Crippen LogP contribution in [0.4, 0.5) is 24.5 Å². The van der Waals surface area contributed by atoms with Crippen LogP contribution in [0.15, 0.2) is 18.2 Å². The summed E-state index contributed by atoms with van der Waals surface area (Å²) in [6.45, 7) is 1.77. The number of halogens is 3. The maximum atomic E-state index is 12.8. The SMILES string of the molecule is Cc1ccc([N+](=O)[O-])cc1NC1CCCC(C(F)(F)F)C1. The van der Waals surface area contributed by atoms with Crippen LogP contribution in [-0.4, -0.2) is 17.1 Å². The fourth-order valence-corrected chi connectivity index (χ4v) is 2.72. The van der Waals surface area contributed by atoms with Crippen molar-refractivity contribution in [3.8, 4) is 0 Å². The first-order chi connectivity index (χ1) is 9.77. The fourth-order valence-electron chi connectivity index (χ4n) is 2.72. The molecule has 0 saturated heterocycles. The van der Waals surface area contributed by atoms with E-state index in [2.05, 4.69) is 5.32 Å². The number of nitro groups is 1. The Labute approximate surface area is 120 Å². The van der Waals surface area contributed by atoms with Crippen molar-refractivity contribution in [2.45, 2.75) is 44.8 Å². The molecule has 0 aliphatic heterocycles. The van der Waals surface area contributed by atoms with Crippen molar-refractivity contribution in [3.05, 3.63) is 33.9 Å². The molecule has 7 heteroatoms. The van der Waals surface area contributed by atoms with Crippen molar-refractivity contribution >= 4 is 11.4 Å². The normalized spacial score (nSPS) is 22.9. The minimum atomic E-state index is -4.17. The summed E-state index contributed by atoms with van der Waals surface area (Å²) >= 11 is 0. The first-order valence-corrected chi connectivity index (χ1v) is 6.85. The lowest BCUT2D eigenvalue weighted by Gasteiger charge is -2.31. The van der Waals surface area contributed by atoms with Crippen LogP contribution in [-0.2, 0) is 0 Å². The second-order valence-corrected chi connectivity index (χ2v) is 5.50. The molecular weight excluding hydrogens is 285 g/mol. The number of aryl methyl sites for hydroxylation is 1. The molecule has 2 atom stereocenters. The first-order valence-electron chi connectivity index (χ1n) is 6.85. The molecule has 1 aliphatic rings. The molecule has 0 amide bonds. The van der Waals surface area contributed by atoms with Crippen molar-refractivity contribution in [2.24, 2.45) is 5.92 Å². The van der Waals surface area contributed by atoms with Crippen LogP contribution in [0.1, 0.15) is 31.2 Å². The minimum Gasteiger partial charge on any atom is -0.382 e. The van der Waals surface area contributed by atoms with E-state index < -0.39 is 17.0 Å². The average molecular weight is 302 g/mol. The van der Waals surface area contributed by atoms with Crippen molar-refractivity contribution in [1.82, 2.24) is 0 Å². The Bertz CT molecular complexity index is 531. The summed E-state index contributed by atoms with van der Waals surface area (Å²) in [5.41, 5.74) is 1.26. The summed E-state index contributed by atoms with van der Waals surface area (Å²) in [5.74, 6) is -1.29. The number of nitrogens with one attached hydrogen (secondary N) is 1. The van der Waals surface area contributed by atoms with Crippen molar-refractivity contribution < 1.29 is 18.1 Å². The summed E-state index contributed by atoms with van der Waals surface area (Å²) in [4.78, 5) is 10.3. The summed E-state index contributed by atoms with van der Waals surface area (Å²) < 4.78 is 38.4. The van der Waals surface area contributed by atoms with E-state index in [1.165, 1.54) is 12.1 Å². The average Bonchev–Trinajstić information content (AvgIpc) is 2.40. The van der Waals surface area contributed by atoms with Crippen LogP contribution in [0, 0.1) is 23.0 Å². The monoisotopic (exact) mass is 302 g/mol. The Balaban J connectivity index is 2.11. The Morgan fingerprint density at radius 1 is 1.33 bits per heavy atom. The van der Waals surface area contributed by atoms with E-state index >= 15 is 0 Å². The van der Waals surface area contributed by atoms with E-state index in [4.69, 9.17) is 0 Å². The highest BCUT2D eigenvalue weighted by Gasteiger charge is 2.42. The molecule has 2 unspecified atom stereocenters. The summed E-state index contributed by atoms with van der Waals surface area (Å²) in [5, 5.41) is 13.8. The van der Waals surface area contributed by atoms with Gasteiger partial charge in [-0.15, -0.1) is 0 Å². The molecule has 21 heavy (non-hydrogen) atoms. The Morgan fingerprint density at radius 3 is 2.67 bits per heavy atom. The molecule has 0 radical (unpaired) electrons. The van der Waals surface area contributed by atoms with Gasteiger partial charge in [0.1, 0.15) is 0 Å². The lowest BCUT2D eigenvalue weighted by atomic mass is 9.85. The van der Waals surface area contributed by atoms with E-state index in [0.717, 1.165) is 5.56 Å². The standard InChI is InChI=1S/C14H17F3N2O2/c1-9-5-6-12(19(20)21)8-13(9)18-11-4-2-3-10(7-11)14(15,16)17/h5-6,8,10-11,18H,2-4,7H2,1H3. The highest BCUT2D eigenvalue weighted by molar-refractivity contribution is 5.57. The van der Waals surface area contributed by atoms with Gasteiger partial charge in [-0.25, -0.2) is 0 Å². The Kier molecular flexibility index (Phi) is 4.39. The first kappa shape index (κ1) is 15.6. The third-order valence-electron chi connectivity index (χ3n) is 3.93. The maximum absolute atomic E-state index is 12.8. The van der Waals surface area contributed by atoms with E-state index in [-0.39, 0.29) is 24.6 Å². The third-order valence-corrected chi connectivity index (χ3v) is 3.93. The molecule has 1 fully saturated rings. The van der Waals surface area contributed by atoms with Crippen LogP contribution >= 0.6 is 0 Å². The van der Waals surface area contributed by atoms with E-state index in [1.54, 1.807) is 13.0 Å². The molecule has 116 valence electrons. The molecule has 1 aromatic rings. The smallest absolute Gasteiger partial charge is 0.382 e. The molecule has 1 aliphatic carbocycles. The molecule has 1 saturated carbocycles. The quantitative estimate of drug-likeness (QED) is 0.663. The van der Waals surface area contributed by atoms with Crippen molar-refractivity contribution in [2.75, 3.05) is 5.32 Å². The number of non-ortho nitro benzene ring substituents is 1. The number of anilines is 1. The van der Waals surface area contributed by atoms with Crippen molar-refractivity contribution in [3.63, 3.8) is 0 Å². The third kappa shape index (κ3) is 3.86. The van der Waals surface area contributed by atoms with Gasteiger partial charge in [0, 0.05) is 23.9 Å². The number of hydrogen-bond acceptors (Lipinski definition) is 3. The van der Waals surface area contributed by atoms with Crippen molar-refractivity contribution in [1.29, 1.82) is 0 Å². The fraction of sp³-hybridized carbons (Fsp3) is 0.571. The second-order valence-electron chi connectivity index (χ2n) is 5.50. The lowest BCUT2D eigenvalue weighted by molar-refractivity contribution is -0.384. The molecule has 0 heterocycles. The van der Waals surface area contributed by atoms with Crippen LogP contribution < -0.4 is 5.32 Å². The molecule has 0 bridgehead atoms. The van der Waals surface area contributed by atoms with Gasteiger partial charge >= 0.3 is 6.18 Å². The molecular formula is C14H17F3N2O2. The Morgan fingerprint density at radius 2 is 2.05 bits per heavy atom. The number of alkyl halides is 3. The molecule has 1 N–H and O–H groups in total. The van der Waals surface area contributed by atoms with Gasteiger partial charge in [-0.1, -0.05) is 12.5 Å². The highest BCUT2D eigenvalue weighted by Crippen LogP contribution is 2.38. The summed E-state index contributed by atoms with van der Waals surface area (Å²) in [6.07, 6.45) is -2.83. The zero-order valence-corrected chi connectivity index (χ0v) is 11.6. The molecule has 0 aromatic heterocycles. The number of nitro benzene ring substituents is 1. The van der Waals surface area contributed by atoms with Gasteiger partial charge < -0.3 is 5.32 Å². The zero-order chi connectivity index (χ0) is 15.6. The van der Waals surface area contributed by atoms with Gasteiger partial charge in [0.15, 0.2) is 0 Å². The van der Waals surface area contributed by atoms with E-state index in [9.17, 15) is 23.3 Å². The van der Waals surface area contributed by atoms with Gasteiger partial charge in [0.05, 0.1) is 10.8 Å². The topological polar surface area (TPSA) is 55.2 Å². The number of rotatable bonds is 3. The zero-order valence-electron chi connectivity index (χ0n) is 11.6. The molecule has 4 nitrogen and oxygen atoms in total. The number of hydrogen-bond donors (Lipinski definition) is 1. The maximum Gasteiger partial charge on any atom is 0.391 e. The predicted octanol–water partition coefficient (Wildman–Crippen LogP) is 4.44. The number of benzene rings is 1. The second kappa shape index (κ2) is 5.91. The molecule has 0 spiro atoms. The Hall–Kier alpha value is -1.79. The van der Waals surface area contributed by atoms with Crippen LogP contribution in [0.3, 0.4) is 0 Å². The van der Waals surface area contributed by atoms with E-state index in [1.807, 2.05) is 0 Å². The predicted molar refractivity (Wildman–Crippen MR) is 73.3 cm³/mol. The van der Waals surface area contributed by atoms with Gasteiger partial charge in [0.2, 0.25) is 0 Å². The van der Waals surface area contributed by atoms with Crippen LogP contribution in [0.5, 0.6) is 0 Å².